The molecule has 24 heavy (non-hydrogen) atoms. The van der Waals surface area contributed by atoms with Gasteiger partial charge in [-0.05, 0) is 31.7 Å². The lowest BCUT2D eigenvalue weighted by atomic mass is 10.1. The average Bonchev–Trinajstić information content (AvgIpc) is 3.04. The number of fused-ring (bicyclic) bond motifs is 1. The molecule has 1 saturated carbocycles. The summed E-state index contributed by atoms with van der Waals surface area (Å²) in [6, 6.07) is 8.35. The highest BCUT2D eigenvalue weighted by Crippen LogP contribution is 2.32. The zero-order valence-corrected chi connectivity index (χ0v) is 15.4. The van der Waals surface area contributed by atoms with Crippen LogP contribution in [0.25, 0.3) is 10.9 Å². The van der Waals surface area contributed by atoms with Crippen LogP contribution in [0.4, 0.5) is 0 Å². The summed E-state index contributed by atoms with van der Waals surface area (Å²) < 4.78 is 0. The van der Waals surface area contributed by atoms with Crippen LogP contribution in [-0.4, -0.2) is 27.2 Å². The number of carbonyl (C=O) groups is 1. The minimum Gasteiger partial charge on any atom is -0.352 e. The van der Waals surface area contributed by atoms with E-state index in [0.29, 0.717) is 6.04 Å². The lowest BCUT2D eigenvalue weighted by molar-refractivity contribution is -0.121. The molecule has 1 aliphatic rings. The maximum atomic E-state index is 12.8. The van der Waals surface area contributed by atoms with Crippen LogP contribution in [0.3, 0.4) is 0 Å². The van der Waals surface area contributed by atoms with Crippen LogP contribution >= 0.6 is 11.8 Å². The molecule has 1 heterocycles. The fraction of sp³-hybridized carbons (Fsp3) is 0.526. The molecule has 5 heteroatoms. The summed E-state index contributed by atoms with van der Waals surface area (Å²) in [6.07, 6.45) is 4.66. The molecule has 1 aromatic carbocycles. The largest absolute Gasteiger partial charge is 0.352 e. The topological polar surface area (TPSA) is 54.9 Å². The van der Waals surface area contributed by atoms with E-state index in [0.717, 1.165) is 34.6 Å². The first-order valence-electron chi connectivity index (χ1n) is 8.75. The molecule has 1 N–H and O–H groups in total. The van der Waals surface area contributed by atoms with Gasteiger partial charge in [0.2, 0.25) is 5.91 Å². The summed E-state index contributed by atoms with van der Waals surface area (Å²) in [7, 11) is 0. The van der Waals surface area contributed by atoms with Crippen LogP contribution in [-0.2, 0) is 4.79 Å². The summed E-state index contributed by atoms with van der Waals surface area (Å²) in [4.78, 5) is 21.9. The van der Waals surface area contributed by atoms with Crippen molar-refractivity contribution in [2.24, 2.45) is 5.92 Å². The molecular formula is C19H25N3OS. The molecule has 4 nitrogen and oxygen atoms in total. The predicted molar refractivity (Wildman–Crippen MR) is 99.2 cm³/mol. The molecular weight excluding hydrogens is 318 g/mol. The Morgan fingerprint density at radius 1 is 1.21 bits per heavy atom. The Hall–Kier alpha value is -1.62. The van der Waals surface area contributed by atoms with E-state index in [1.807, 2.05) is 31.2 Å². The molecule has 1 atom stereocenters. The number of amides is 1. The average molecular weight is 343 g/mol. The van der Waals surface area contributed by atoms with Crippen molar-refractivity contribution in [3.05, 3.63) is 30.1 Å². The Balaban J connectivity index is 1.84. The molecule has 2 aromatic rings. The van der Waals surface area contributed by atoms with Crippen molar-refractivity contribution in [2.45, 2.75) is 62.8 Å². The molecule has 1 unspecified atom stereocenters. The maximum Gasteiger partial charge on any atom is 0.234 e. The fourth-order valence-corrected chi connectivity index (χ4v) is 4.39. The number of nitrogens with zero attached hydrogens (tertiary/aromatic N) is 2. The Kier molecular flexibility index (Phi) is 5.39. The number of thioether (sulfide) groups is 1. The number of hydrogen-bond donors (Lipinski definition) is 1. The number of para-hydroxylation sites is 1. The van der Waals surface area contributed by atoms with Gasteiger partial charge in [-0.1, -0.05) is 56.7 Å². The molecule has 128 valence electrons. The molecule has 0 radical (unpaired) electrons. The summed E-state index contributed by atoms with van der Waals surface area (Å²) in [5.41, 5.74) is 0.936. The van der Waals surface area contributed by atoms with E-state index in [4.69, 9.17) is 0 Å². The molecule has 0 saturated heterocycles. The second-order valence-electron chi connectivity index (χ2n) is 6.87. The molecule has 1 aromatic heterocycles. The Bertz CT molecular complexity index is 726. The zero-order chi connectivity index (χ0) is 17.1. The molecule has 0 bridgehead atoms. The van der Waals surface area contributed by atoms with E-state index in [1.165, 1.54) is 12.8 Å². The number of rotatable bonds is 5. The smallest absolute Gasteiger partial charge is 0.234 e. The number of hydrogen-bond acceptors (Lipinski definition) is 4. The van der Waals surface area contributed by atoms with Gasteiger partial charge in [0.1, 0.15) is 10.9 Å². The van der Waals surface area contributed by atoms with E-state index in [-0.39, 0.29) is 17.1 Å². The third-order valence-corrected chi connectivity index (χ3v) is 6.03. The van der Waals surface area contributed by atoms with Gasteiger partial charge in [-0.25, -0.2) is 9.97 Å². The number of carbonyl (C=O) groups excluding carboxylic acids is 1. The van der Waals surface area contributed by atoms with Crippen molar-refractivity contribution in [3.63, 3.8) is 0 Å². The molecule has 1 aliphatic carbocycles. The van der Waals surface area contributed by atoms with Crippen LogP contribution < -0.4 is 5.32 Å². The summed E-state index contributed by atoms with van der Waals surface area (Å²) in [5, 5.41) is 5.03. The first kappa shape index (κ1) is 17.2. The van der Waals surface area contributed by atoms with E-state index >= 15 is 0 Å². The monoisotopic (exact) mass is 343 g/mol. The van der Waals surface area contributed by atoms with Crippen LogP contribution in [0.1, 0.15) is 45.4 Å². The second kappa shape index (κ2) is 7.51. The van der Waals surface area contributed by atoms with Gasteiger partial charge in [0.05, 0.1) is 10.8 Å². The SMILES string of the molecule is Cc1nc(SC(C(=O)NC2CCCC2)C(C)C)c2ccccc2n1. The highest BCUT2D eigenvalue weighted by atomic mass is 32.2. The maximum absolute atomic E-state index is 12.8. The van der Waals surface area contributed by atoms with Crippen LogP contribution in [0.15, 0.2) is 29.3 Å². The molecule has 1 fully saturated rings. The third-order valence-electron chi connectivity index (χ3n) is 4.48. The number of benzene rings is 1. The van der Waals surface area contributed by atoms with Gasteiger partial charge in [0.25, 0.3) is 0 Å². The minimum atomic E-state index is -0.136. The molecule has 0 spiro atoms. The minimum absolute atomic E-state index is 0.136. The second-order valence-corrected chi connectivity index (χ2v) is 8.00. The first-order chi connectivity index (χ1) is 11.5. The van der Waals surface area contributed by atoms with Gasteiger partial charge in [-0.2, -0.15) is 0 Å². The van der Waals surface area contributed by atoms with Crippen LogP contribution in [0, 0.1) is 12.8 Å². The van der Waals surface area contributed by atoms with Crippen molar-refractivity contribution >= 4 is 28.6 Å². The Morgan fingerprint density at radius 2 is 1.92 bits per heavy atom. The molecule has 0 aliphatic heterocycles. The van der Waals surface area contributed by atoms with Gasteiger partial charge >= 0.3 is 0 Å². The fourth-order valence-electron chi connectivity index (χ4n) is 3.21. The number of aryl methyl sites for hydroxylation is 1. The number of nitrogens with one attached hydrogen (secondary N) is 1. The summed E-state index contributed by atoms with van der Waals surface area (Å²) >= 11 is 1.57. The standard InChI is InChI=1S/C19H25N3OS/c1-12(2)17(18(23)22-14-8-4-5-9-14)24-19-15-10-6-7-11-16(15)20-13(3)21-19/h6-7,10-12,14,17H,4-5,8-9H2,1-3H3,(H,22,23). The third kappa shape index (κ3) is 3.89. The summed E-state index contributed by atoms with van der Waals surface area (Å²) in [5.74, 6) is 1.13. The molecule has 3 rings (SSSR count). The molecule has 1 amide bonds. The predicted octanol–water partition coefficient (Wildman–Crippen LogP) is 4.11. The quantitative estimate of drug-likeness (QED) is 0.655. The van der Waals surface area contributed by atoms with Gasteiger partial charge in [-0.3, -0.25) is 4.79 Å². The Labute approximate surface area is 147 Å². The van der Waals surface area contributed by atoms with E-state index < -0.39 is 0 Å². The van der Waals surface area contributed by atoms with Crippen LogP contribution in [0.5, 0.6) is 0 Å². The van der Waals surface area contributed by atoms with Crippen molar-refractivity contribution < 1.29 is 4.79 Å². The van der Waals surface area contributed by atoms with Crippen molar-refractivity contribution in [2.75, 3.05) is 0 Å². The van der Waals surface area contributed by atoms with Gasteiger partial charge in [-0.15, -0.1) is 0 Å². The lowest BCUT2D eigenvalue weighted by Crippen LogP contribution is -2.41. The van der Waals surface area contributed by atoms with Crippen molar-refractivity contribution in [1.29, 1.82) is 0 Å². The zero-order valence-electron chi connectivity index (χ0n) is 14.6. The van der Waals surface area contributed by atoms with Gasteiger partial charge in [0, 0.05) is 11.4 Å². The Morgan fingerprint density at radius 3 is 2.62 bits per heavy atom. The highest BCUT2D eigenvalue weighted by Gasteiger charge is 2.28. The van der Waals surface area contributed by atoms with Crippen molar-refractivity contribution in [3.8, 4) is 0 Å². The van der Waals surface area contributed by atoms with E-state index in [9.17, 15) is 4.79 Å². The lowest BCUT2D eigenvalue weighted by Gasteiger charge is -2.22. The highest BCUT2D eigenvalue weighted by molar-refractivity contribution is 8.00. The van der Waals surface area contributed by atoms with E-state index in [1.54, 1.807) is 11.8 Å². The number of aromatic nitrogens is 2. The van der Waals surface area contributed by atoms with Crippen molar-refractivity contribution in [1.82, 2.24) is 15.3 Å². The van der Waals surface area contributed by atoms with Gasteiger partial charge in [0.15, 0.2) is 0 Å². The normalized spacial score (nSPS) is 16.7. The van der Waals surface area contributed by atoms with E-state index in [2.05, 4.69) is 29.1 Å². The summed E-state index contributed by atoms with van der Waals surface area (Å²) in [6.45, 7) is 6.10. The first-order valence-corrected chi connectivity index (χ1v) is 9.63. The van der Waals surface area contributed by atoms with Gasteiger partial charge < -0.3 is 5.32 Å². The van der Waals surface area contributed by atoms with Crippen LogP contribution in [0.2, 0.25) is 0 Å².